The Kier molecular flexibility index (Phi) is 3.86. The van der Waals surface area contributed by atoms with E-state index in [0.717, 1.165) is 0 Å². The minimum absolute atomic E-state index is 0. The maximum Gasteiger partial charge on any atom is 0.177 e. The summed E-state index contributed by atoms with van der Waals surface area (Å²) in [6.45, 7) is 4.19. The summed E-state index contributed by atoms with van der Waals surface area (Å²) < 4.78 is 2.12. The van der Waals surface area contributed by atoms with Crippen molar-refractivity contribution in [2.24, 2.45) is 7.05 Å². The number of pyridine rings is 1. The van der Waals surface area contributed by atoms with Crippen LogP contribution in [0.25, 0.3) is 0 Å². The number of aryl methyl sites for hydroxylation is 3. The van der Waals surface area contributed by atoms with E-state index in [-0.39, 0.29) is 24.0 Å². The fraction of sp³-hybridized carbons (Fsp3) is 0.375. The predicted molar refractivity (Wildman–Crippen MR) is 37.1 cm³/mol. The van der Waals surface area contributed by atoms with E-state index in [9.17, 15) is 0 Å². The summed E-state index contributed by atoms with van der Waals surface area (Å²) in [5.41, 5.74) is 2.60. The highest BCUT2D eigenvalue weighted by Crippen LogP contribution is 1.92. The van der Waals surface area contributed by atoms with Gasteiger partial charge in [0.05, 0.1) is 0 Å². The molecule has 0 N–H and O–H groups in total. The second-order valence-electron chi connectivity index (χ2n) is 2.46. The van der Waals surface area contributed by atoms with Crippen LogP contribution in [0.3, 0.4) is 0 Å². The van der Waals surface area contributed by atoms with Crippen LogP contribution >= 0.6 is 0 Å². The second-order valence-corrected chi connectivity index (χ2v) is 2.46. The maximum absolute atomic E-state index is 2.12. The molecule has 0 saturated carbocycles. The molecular weight excluding hydrogens is 237 g/mol. The number of hydrogen-bond acceptors (Lipinski definition) is 0. The standard InChI is InChI=1S/C8H12N.HI/c1-7-4-5-8(2)9(3)6-7;/h4-6H,1-3H3;1H/q+1;/p-1. The Morgan fingerprint density at radius 2 is 1.80 bits per heavy atom. The first-order chi connectivity index (χ1) is 4.20. The van der Waals surface area contributed by atoms with Crippen LogP contribution in [-0.2, 0) is 7.05 Å². The summed E-state index contributed by atoms with van der Waals surface area (Å²) in [6.07, 6.45) is 2.12. The monoisotopic (exact) mass is 249 g/mol. The zero-order valence-corrected chi connectivity index (χ0v) is 8.71. The first-order valence-corrected chi connectivity index (χ1v) is 3.13. The molecule has 0 bridgehead atoms. The van der Waals surface area contributed by atoms with Gasteiger partial charge in [-0.25, -0.2) is 4.57 Å². The molecule has 0 unspecified atom stereocenters. The summed E-state index contributed by atoms with van der Waals surface area (Å²) in [6, 6.07) is 4.24. The smallest absolute Gasteiger partial charge is 0.177 e. The van der Waals surface area contributed by atoms with E-state index in [4.69, 9.17) is 0 Å². The average Bonchev–Trinajstić information content (AvgIpc) is 1.80. The summed E-state index contributed by atoms with van der Waals surface area (Å²) in [4.78, 5) is 0. The molecule has 0 radical (unpaired) electrons. The Hall–Kier alpha value is -0.120. The van der Waals surface area contributed by atoms with E-state index in [0.29, 0.717) is 0 Å². The Balaban J connectivity index is 0.000000810. The van der Waals surface area contributed by atoms with E-state index >= 15 is 0 Å². The van der Waals surface area contributed by atoms with Crippen molar-refractivity contribution in [3.63, 3.8) is 0 Å². The second kappa shape index (κ2) is 3.91. The number of hydrogen-bond donors (Lipinski definition) is 0. The van der Waals surface area contributed by atoms with Gasteiger partial charge >= 0.3 is 0 Å². The van der Waals surface area contributed by atoms with Crippen LogP contribution in [0.4, 0.5) is 0 Å². The molecule has 0 aromatic carbocycles. The van der Waals surface area contributed by atoms with Gasteiger partial charge in [0, 0.05) is 18.6 Å². The lowest BCUT2D eigenvalue weighted by molar-refractivity contribution is -0.678. The zero-order valence-electron chi connectivity index (χ0n) is 6.56. The molecule has 0 fully saturated rings. The van der Waals surface area contributed by atoms with Crippen molar-refractivity contribution in [2.45, 2.75) is 13.8 Å². The first-order valence-electron chi connectivity index (χ1n) is 3.13. The number of rotatable bonds is 0. The van der Waals surface area contributed by atoms with Crippen LogP contribution in [0.5, 0.6) is 0 Å². The molecule has 0 spiro atoms. The van der Waals surface area contributed by atoms with Crippen LogP contribution in [0.1, 0.15) is 11.3 Å². The molecule has 1 aromatic heterocycles. The van der Waals surface area contributed by atoms with E-state index in [1.807, 2.05) is 0 Å². The lowest BCUT2D eigenvalue weighted by Gasteiger charge is -1.92. The highest BCUT2D eigenvalue weighted by molar-refractivity contribution is 5.05. The molecule has 1 rings (SSSR count). The van der Waals surface area contributed by atoms with E-state index in [2.05, 4.69) is 43.8 Å². The molecule has 0 aliphatic heterocycles. The molecular formula is C8H12IN. The van der Waals surface area contributed by atoms with Gasteiger partial charge in [-0.15, -0.1) is 0 Å². The first kappa shape index (κ1) is 9.88. The fourth-order valence-electron chi connectivity index (χ4n) is 0.820. The third-order valence-electron chi connectivity index (χ3n) is 1.54. The van der Waals surface area contributed by atoms with Gasteiger partial charge in [-0.2, -0.15) is 0 Å². The van der Waals surface area contributed by atoms with Crippen LogP contribution in [0.2, 0.25) is 0 Å². The van der Waals surface area contributed by atoms with E-state index in [1.165, 1.54) is 11.3 Å². The van der Waals surface area contributed by atoms with Crippen molar-refractivity contribution in [2.75, 3.05) is 0 Å². The quantitative estimate of drug-likeness (QED) is 0.375. The SMILES string of the molecule is Cc1ccc(C)[n+](C)c1.[I-]. The van der Waals surface area contributed by atoms with Gasteiger partial charge < -0.3 is 24.0 Å². The molecule has 0 amide bonds. The minimum Gasteiger partial charge on any atom is -1.00 e. The third-order valence-corrected chi connectivity index (χ3v) is 1.54. The van der Waals surface area contributed by atoms with Crippen LogP contribution < -0.4 is 28.5 Å². The molecule has 0 atom stereocenters. The van der Waals surface area contributed by atoms with Crippen LogP contribution in [0, 0.1) is 13.8 Å². The molecule has 10 heavy (non-hydrogen) atoms. The van der Waals surface area contributed by atoms with Crippen LogP contribution in [-0.4, -0.2) is 0 Å². The van der Waals surface area contributed by atoms with Gasteiger partial charge in [-0.05, 0) is 13.0 Å². The van der Waals surface area contributed by atoms with Gasteiger partial charge in [0.15, 0.2) is 11.9 Å². The Morgan fingerprint density at radius 1 is 1.20 bits per heavy atom. The zero-order chi connectivity index (χ0) is 6.85. The van der Waals surface area contributed by atoms with Crippen molar-refractivity contribution in [1.29, 1.82) is 0 Å². The molecule has 1 aromatic rings. The van der Waals surface area contributed by atoms with Gasteiger partial charge in [-0.1, -0.05) is 0 Å². The van der Waals surface area contributed by atoms with Crippen molar-refractivity contribution >= 4 is 0 Å². The summed E-state index contributed by atoms with van der Waals surface area (Å²) in [5, 5.41) is 0. The largest absolute Gasteiger partial charge is 1.00 e. The molecule has 0 saturated heterocycles. The predicted octanol–water partition coefficient (Wildman–Crippen LogP) is -1.87. The number of halogens is 1. The average molecular weight is 249 g/mol. The molecule has 56 valence electrons. The maximum atomic E-state index is 2.12. The van der Waals surface area contributed by atoms with Gasteiger partial charge in [0.1, 0.15) is 7.05 Å². The summed E-state index contributed by atoms with van der Waals surface area (Å²) in [5.74, 6) is 0. The summed E-state index contributed by atoms with van der Waals surface area (Å²) >= 11 is 0. The normalized spacial score (nSPS) is 8.70. The van der Waals surface area contributed by atoms with Crippen LogP contribution in [0.15, 0.2) is 18.3 Å². The van der Waals surface area contributed by atoms with Gasteiger partial charge in [-0.3, -0.25) is 0 Å². The Labute approximate surface area is 79.1 Å². The van der Waals surface area contributed by atoms with Crippen molar-refractivity contribution in [1.82, 2.24) is 0 Å². The summed E-state index contributed by atoms with van der Waals surface area (Å²) in [7, 11) is 2.06. The Bertz CT molecular complexity index is 220. The minimum atomic E-state index is 0. The lowest BCUT2D eigenvalue weighted by atomic mass is 10.3. The fourth-order valence-corrected chi connectivity index (χ4v) is 0.820. The van der Waals surface area contributed by atoms with Crippen molar-refractivity contribution < 1.29 is 28.5 Å². The van der Waals surface area contributed by atoms with Crippen molar-refractivity contribution in [3.05, 3.63) is 29.6 Å². The van der Waals surface area contributed by atoms with Gasteiger partial charge in [0.25, 0.3) is 0 Å². The van der Waals surface area contributed by atoms with E-state index < -0.39 is 0 Å². The molecule has 1 heterocycles. The molecule has 2 heteroatoms. The molecule has 1 nitrogen and oxygen atoms in total. The van der Waals surface area contributed by atoms with Gasteiger partial charge in [0.2, 0.25) is 0 Å². The van der Waals surface area contributed by atoms with Crippen molar-refractivity contribution in [3.8, 4) is 0 Å². The highest BCUT2D eigenvalue weighted by Gasteiger charge is 1.96. The number of nitrogens with zero attached hydrogens (tertiary/aromatic N) is 1. The molecule has 0 aliphatic carbocycles. The Morgan fingerprint density at radius 3 is 2.20 bits per heavy atom. The lowest BCUT2D eigenvalue weighted by Crippen LogP contribution is -3.00. The number of aromatic nitrogens is 1. The van der Waals surface area contributed by atoms with E-state index in [1.54, 1.807) is 0 Å². The highest BCUT2D eigenvalue weighted by atomic mass is 127. The third kappa shape index (κ3) is 2.25. The topological polar surface area (TPSA) is 3.88 Å². The molecule has 0 aliphatic rings.